The molecule has 0 bridgehead atoms. The standard InChI is InChI=1S/C21H25N3O4/c1-23-9-11-24(12-10-23)19-8-7-16(21(26)28-3)14-18(19)22-20(25)15-5-4-6-17(13-15)27-2/h4-8,13-14H,9-12H2,1-3H3,(H,22,25)/p+1. The number of rotatable bonds is 5. The van der Waals surface area contributed by atoms with Gasteiger partial charge in [0.25, 0.3) is 5.91 Å². The summed E-state index contributed by atoms with van der Waals surface area (Å²) in [7, 11) is 5.07. The summed E-state index contributed by atoms with van der Waals surface area (Å²) in [6.45, 7) is 3.79. The number of hydrogen-bond acceptors (Lipinski definition) is 5. The van der Waals surface area contributed by atoms with Crippen LogP contribution in [0.4, 0.5) is 11.4 Å². The predicted molar refractivity (Wildman–Crippen MR) is 108 cm³/mol. The van der Waals surface area contributed by atoms with Crippen LogP contribution in [0.25, 0.3) is 0 Å². The lowest BCUT2D eigenvalue weighted by Gasteiger charge is -2.33. The van der Waals surface area contributed by atoms with Crippen LogP contribution in [-0.2, 0) is 4.74 Å². The van der Waals surface area contributed by atoms with Crippen molar-refractivity contribution in [3.8, 4) is 5.75 Å². The number of likely N-dealkylation sites (N-methyl/N-ethyl adjacent to an activating group) is 1. The van der Waals surface area contributed by atoms with Crippen LogP contribution in [0.1, 0.15) is 20.7 Å². The highest BCUT2D eigenvalue weighted by molar-refractivity contribution is 6.07. The largest absolute Gasteiger partial charge is 0.497 e. The van der Waals surface area contributed by atoms with E-state index in [-0.39, 0.29) is 5.91 Å². The lowest BCUT2D eigenvalue weighted by molar-refractivity contribution is -0.880. The maximum absolute atomic E-state index is 12.8. The molecule has 1 heterocycles. The van der Waals surface area contributed by atoms with E-state index < -0.39 is 5.97 Å². The fourth-order valence-corrected chi connectivity index (χ4v) is 3.24. The van der Waals surface area contributed by atoms with Crippen molar-refractivity contribution in [1.82, 2.24) is 0 Å². The molecule has 0 saturated carbocycles. The Morgan fingerprint density at radius 1 is 1.04 bits per heavy atom. The van der Waals surface area contributed by atoms with Gasteiger partial charge in [0.1, 0.15) is 5.75 Å². The van der Waals surface area contributed by atoms with Crippen LogP contribution in [0.3, 0.4) is 0 Å². The smallest absolute Gasteiger partial charge is 0.337 e. The van der Waals surface area contributed by atoms with E-state index in [2.05, 4.69) is 17.3 Å². The molecule has 0 atom stereocenters. The molecule has 2 aromatic carbocycles. The number of anilines is 2. The van der Waals surface area contributed by atoms with Crippen LogP contribution in [0.15, 0.2) is 42.5 Å². The molecule has 1 aliphatic rings. The number of esters is 1. The third kappa shape index (κ3) is 4.43. The van der Waals surface area contributed by atoms with Gasteiger partial charge in [-0.3, -0.25) is 4.79 Å². The molecule has 7 heteroatoms. The van der Waals surface area contributed by atoms with Crippen molar-refractivity contribution in [2.75, 3.05) is 57.7 Å². The molecule has 1 fully saturated rings. The van der Waals surface area contributed by atoms with Gasteiger partial charge in [-0.05, 0) is 36.4 Å². The third-order valence-corrected chi connectivity index (χ3v) is 4.96. The Morgan fingerprint density at radius 2 is 1.79 bits per heavy atom. The topological polar surface area (TPSA) is 72.3 Å². The Labute approximate surface area is 164 Å². The maximum atomic E-state index is 12.8. The molecule has 0 aliphatic carbocycles. The average Bonchev–Trinajstić information content (AvgIpc) is 2.73. The number of hydrogen-bond donors (Lipinski definition) is 2. The molecule has 0 unspecified atom stereocenters. The van der Waals surface area contributed by atoms with Gasteiger partial charge in [-0.25, -0.2) is 4.79 Å². The van der Waals surface area contributed by atoms with Gasteiger partial charge >= 0.3 is 5.97 Å². The maximum Gasteiger partial charge on any atom is 0.337 e. The Balaban J connectivity index is 1.91. The highest BCUT2D eigenvalue weighted by atomic mass is 16.5. The Hall–Kier alpha value is -3.06. The number of methoxy groups -OCH3 is 2. The highest BCUT2D eigenvalue weighted by Gasteiger charge is 2.22. The van der Waals surface area contributed by atoms with Gasteiger partial charge in [-0.15, -0.1) is 0 Å². The van der Waals surface area contributed by atoms with Crippen molar-refractivity contribution in [2.45, 2.75) is 0 Å². The Bertz CT molecular complexity index is 860. The molecule has 0 aromatic heterocycles. The van der Waals surface area contributed by atoms with Crippen molar-refractivity contribution in [2.24, 2.45) is 0 Å². The normalized spacial score (nSPS) is 14.5. The second kappa shape index (κ2) is 8.75. The van der Waals surface area contributed by atoms with E-state index in [9.17, 15) is 9.59 Å². The van der Waals surface area contributed by atoms with Gasteiger partial charge in [0.15, 0.2) is 0 Å². The fourth-order valence-electron chi connectivity index (χ4n) is 3.24. The molecule has 2 N–H and O–H groups in total. The van der Waals surface area contributed by atoms with Gasteiger partial charge in [0, 0.05) is 5.56 Å². The summed E-state index contributed by atoms with van der Waals surface area (Å²) in [6.07, 6.45) is 0. The first-order chi connectivity index (χ1) is 13.5. The molecule has 28 heavy (non-hydrogen) atoms. The van der Waals surface area contributed by atoms with Crippen LogP contribution in [0.5, 0.6) is 5.75 Å². The van der Waals surface area contributed by atoms with Gasteiger partial charge in [0.05, 0.1) is 64.4 Å². The van der Waals surface area contributed by atoms with E-state index in [1.165, 1.54) is 12.0 Å². The molecule has 1 aliphatic heterocycles. The fraction of sp³-hybridized carbons (Fsp3) is 0.333. The van der Waals surface area contributed by atoms with Gasteiger partial charge in [-0.2, -0.15) is 0 Å². The molecule has 0 spiro atoms. The minimum atomic E-state index is -0.439. The van der Waals surface area contributed by atoms with Crippen LogP contribution < -0.4 is 19.9 Å². The van der Waals surface area contributed by atoms with Crippen LogP contribution in [0.2, 0.25) is 0 Å². The number of piperazine rings is 1. The van der Waals surface area contributed by atoms with Crippen molar-refractivity contribution in [3.63, 3.8) is 0 Å². The van der Waals surface area contributed by atoms with Gasteiger partial charge in [-0.1, -0.05) is 6.07 Å². The summed E-state index contributed by atoms with van der Waals surface area (Å²) >= 11 is 0. The first kappa shape index (κ1) is 19.7. The van der Waals surface area contributed by atoms with E-state index in [4.69, 9.17) is 9.47 Å². The van der Waals surface area contributed by atoms with E-state index in [1.54, 1.807) is 43.5 Å². The Morgan fingerprint density at radius 3 is 2.46 bits per heavy atom. The van der Waals surface area contributed by atoms with Gasteiger partial charge in [0.2, 0.25) is 0 Å². The van der Waals surface area contributed by atoms with Crippen molar-refractivity contribution < 1.29 is 24.0 Å². The zero-order valence-corrected chi connectivity index (χ0v) is 16.5. The lowest BCUT2D eigenvalue weighted by atomic mass is 10.1. The van der Waals surface area contributed by atoms with E-state index in [0.717, 1.165) is 31.9 Å². The van der Waals surface area contributed by atoms with Crippen molar-refractivity contribution in [3.05, 3.63) is 53.6 Å². The van der Waals surface area contributed by atoms with E-state index >= 15 is 0 Å². The summed E-state index contributed by atoms with van der Waals surface area (Å²) in [6, 6.07) is 12.2. The van der Waals surface area contributed by atoms with E-state index in [0.29, 0.717) is 22.6 Å². The second-order valence-corrected chi connectivity index (χ2v) is 6.85. The Kier molecular flexibility index (Phi) is 6.16. The summed E-state index contributed by atoms with van der Waals surface area (Å²) in [5.41, 5.74) is 2.37. The van der Waals surface area contributed by atoms with Crippen molar-refractivity contribution in [1.29, 1.82) is 0 Å². The molecule has 1 amide bonds. The number of nitrogens with zero attached hydrogens (tertiary/aromatic N) is 1. The number of carbonyl (C=O) groups is 2. The molecule has 148 valence electrons. The molecule has 7 nitrogen and oxygen atoms in total. The molecular formula is C21H26N3O4+. The monoisotopic (exact) mass is 384 g/mol. The predicted octanol–water partition coefficient (Wildman–Crippen LogP) is 1.07. The molecular weight excluding hydrogens is 358 g/mol. The van der Waals surface area contributed by atoms with Gasteiger partial charge < -0.3 is 24.6 Å². The minimum absolute atomic E-state index is 0.262. The highest BCUT2D eigenvalue weighted by Crippen LogP contribution is 2.28. The number of nitrogens with one attached hydrogen (secondary N) is 2. The van der Waals surface area contributed by atoms with Crippen LogP contribution in [-0.4, -0.2) is 59.3 Å². The number of benzene rings is 2. The van der Waals surface area contributed by atoms with Crippen LogP contribution >= 0.6 is 0 Å². The summed E-state index contributed by atoms with van der Waals surface area (Å²) < 4.78 is 10.0. The molecule has 0 radical (unpaired) electrons. The SMILES string of the molecule is COC(=O)c1ccc(N2CC[NH+](C)CC2)c(NC(=O)c2cccc(OC)c2)c1. The van der Waals surface area contributed by atoms with Crippen LogP contribution in [0, 0.1) is 0 Å². The molecule has 3 rings (SSSR count). The number of amides is 1. The third-order valence-electron chi connectivity index (χ3n) is 4.96. The summed E-state index contributed by atoms with van der Waals surface area (Å²) in [5, 5.41) is 2.96. The number of ether oxygens (including phenoxy) is 2. The quantitative estimate of drug-likeness (QED) is 0.755. The second-order valence-electron chi connectivity index (χ2n) is 6.85. The summed E-state index contributed by atoms with van der Waals surface area (Å²) in [4.78, 5) is 28.5. The zero-order valence-electron chi connectivity index (χ0n) is 16.5. The van der Waals surface area contributed by atoms with E-state index in [1.807, 2.05) is 6.07 Å². The average molecular weight is 384 g/mol. The first-order valence-corrected chi connectivity index (χ1v) is 9.26. The lowest BCUT2D eigenvalue weighted by Crippen LogP contribution is -3.12. The molecule has 1 saturated heterocycles. The number of carbonyl (C=O) groups excluding carboxylic acids is 2. The zero-order chi connectivity index (χ0) is 20.1. The number of quaternary nitrogens is 1. The summed E-state index contributed by atoms with van der Waals surface area (Å²) in [5.74, 6) is -0.0913. The first-order valence-electron chi connectivity index (χ1n) is 9.26. The molecule has 2 aromatic rings. The van der Waals surface area contributed by atoms with Crippen molar-refractivity contribution >= 4 is 23.3 Å². The minimum Gasteiger partial charge on any atom is -0.497 e.